The van der Waals surface area contributed by atoms with Crippen LogP contribution in [0, 0.1) is 11.6 Å². The molecule has 0 saturated carbocycles. The monoisotopic (exact) mass is 461 g/mol. The SMILES string of the molecule is CCOC(=O)c1ccc(N2C(=O)c3oc4ccc(F)cc4c(=O)c3C2c2ccc(F)cc2)cc1. The number of rotatable bonds is 4. The molecule has 0 aliphatic carbocycles. The van der Waals surface area contributed by atoms with Crippen molar-refractivity contribution in [1.29, 1.82) is 0 Å². The molecule has 0 fully saturated rings. The normalized spacial score (nSPS) is 15.0. The molecule has 1 amide bonds. The van der Waals surface area contributed by atoms with Crippen molar-refractivity contribution in [3.05, 3.63) is 111 Å². The third kappa shape index (κ3) is 3.44. The Morgan fingerprint density at radius 2 is 1.65 bits per heavy atom. The first-order valence-electron chi connectivity index (χ1n) is 10.5. The number of hydrogen-bond donors (Lipinski definition) is 0. The molecule has 6 nitrogen and oxygen atoms in total. The molecule has 0 radical (unpaired) electrons. The molecule has 8 heteroatoms. The van der Waals surface area contributed by atoms with E-state index in [9.17, 15) is 23.2 Å². The summed E-state index contributed by atoms with van der Waals surface area (Å²) < 4.78 is 38.3. The standard InChI is InChI=1S/C26H17F2NO5/c1-2-33-26(32)15-5-10-18(11-6-15)29-22(14-3-7-16(27)8-4-14)21-23(30)19-13-17(28)9-12-20(19)34-24(21)25(29)31/h3-13,22H,2H2,1H3. The maximum atomic E-state index is 13.9. The Labute approximate surface area is 192 Å². The molecule has 1 aliphatic heterocycles. The molecule has 0 N–H and O–H groups in total. The topological polar surface area (TPSA) is 76.8 Å². The smallest absolute Gasteiger partial charge is 0.338 e. The minimum absolute atomic E-state index is 0.00169. The van der Waals surface area contributed by atoms with Gasteiger partial charge in [0.15, 0.2) is 5.43 Å². The van der Waals surface area contributed by atoms with Gasteiger partial charge in [-0.2, -0.15) is 0 Å². The second-order valence-electron chi connectivity index (χ2n) is 7.71. The highest BCUT2D eigenvalue weighted by atomic mass is 19.1. The van der Waals surface area contributed by atoms with Crippen molar-refractivity contribution >= 4 is 28.5 Å². The molecule has 0 bridgehead atoms. The van der Waals surface area contributed by atoms with E-state index in [4.69, 9.17) is 9.15 Å². The largest absolute Gasteiger partial charge is 0.462 e. The molecule has 1 aromatic heterocycles. The van der Waals surface area contributed by atoms with E-state index in [2.05, 4.69) is 0 Å². The van der Waals surface area contributed by atoms with Gasteiger partial charge in [-0.15, -0.1) is 0 Å². The number of fused-ring (bicyclic) bond motifs is 2. The van der Waals surface area contributed by atoms with E-state index >= 15 is 0 Å². The van der Waals surface area contributed by atoms with Gasteiger partial charge in [-0.1, -0.05) is 12.1 Å². The van der Waals surface area contributed by atoms with Crippen LogP contribution in [0.1, 0.15) is 45.0 Å². The van der Waals surface area contributed by atoms with Gasteiger partial charge in [0.25, 0.3) is 5.91 Å². The molecule has 1 aliphatic rings. The summed E-state index contributed by atoms with van der Waals surface area (Å²) in [5.41, 5.74) is 0.701. The van der Waals surface area contributed by atoms with Crippen LogP contribution in [0.3, 0.4) is 0 Å². The summed E-state index contributed by atoms with van der Waals surface area (Å²) in [5.74, 6) is -2.37. The Balaban J connectivity index is 1.70. The average molecular weight is 461 g/mol. The number of carbonyl (C=O) groups excluding carboxylic acids is 2. The second-order valence-corrected chi connectivity index (χ2v) is 7.71. The molecule has 1 unspecified atom stereocenters. The highest BCUT2D eigenvalue weighted by molar-refractivity contribution is 6.10. The minimum Gasteiger partial charge on any atom is -0.462 e. The Kier molecular flexibility index (Phi) is 5.20. The summed E-state index contributed by atoms with van der Waals surface area (Å²) in [4.78, 5) is 40.3. The third-order valence-corrected chi connectivity index (χ3v) is 5.67. The highest BCUT2D eigenvalue weighted by Gasteiger charge is 2.43. The fraction of sp³-hybridized carbons (Fsp3) is 0.115. The van der Waals surface area contributed by atoms with Crippen LogP contribution in [0.25, 0.3) is 11.0 Å². The Morgan fingerprint density at radius 3 is 2.32 bits per heavy atom. The summed E-state index contributed by atoms with van der Waals surface area (Å²) in [5, 5.41) is -0.00169. The summed E-state index contributed by atoms with van der Waals surface area (Å²) in [7, 11) is 0. The van der Waals surface area contributed by atoms with Gasteiger partial charge in [0.05, 0.1) is 29.2 Å². The van der Waals surface area contributed by atoms with Gasteiger partial charge in [0, 0.05) is 5.69 Å². The Hall–Kier alpha value is -4.33. The molecule has 170 valence electrons. The molecule has 5 rings (SSSR count). The Morgan fingerprint density at radius 1 is 0.971 bits per heavy atom. The zero-order valence-corrected chi connectivity index (χ0v) is 17.9. The number of benzene rings is 3. The van der Waals surface area contributed by atoms with E-state index < -0.39 is 35.0 Å². The van der Waals surface area contributed by atoms with Crippen LogP contribution in [0.15, 0.2) is 75.9 Å². The molecule has 1 atom stereocenters. The van der Waals surface area contributed by atoms with Crippen LogP contribution in [0.4, 0.5) is 14.5 Å². The van der Waals surface area contributed by atoms with Crippen LogP contribution >= 0.6 is 0 Å². The number of carbonyl (C=O) groups is 2. The van der Waals surface area contributed by atoms with Gasteiger partial charge in [0.1, 0.15) is 17.2 Å². The molecule has 34 heavy (non-hydrogen) atoms. The molecule has 0 saturated heterocycles. The van der Waals surface area contributed by atoms with Gasteiger partial charge < -0.3 is 9.15 Å². The van der Waals surface area contributed by atoms with Crippen LogP contribution in [-0.4, -0.2) is 18.5 Å². The zero-order chi connectivity index (χ0) is 24.0. The average Bonchev–Trinajstić information content (AvgIpc) is 3.13. The third-order valence-electron chi connectivity index (χ3n) is 5.67. The van der Waals surface area contributed by atoms with Crippen molar-refractivity contribution in [2.75, 3.05) is 11.5 Å². The first-order chi connectivity index (χ1) is 16.4. The molecular weight excluding hydrogens is 444 g/mol. The molecule has 4 aromatic rings. The lowest BCUT2D eigenvalue weighted by molar-refractivity contribution is 0.0526. The van der Waals surface area contributed by atoms with E-state index in [0.717, 1.165) is 12.1 Å². The fourth-order valence-corrected chi connectivity index (χ4v) is 4.14. The van der Waals surface area contributed by atoms with Crippen LogP contribution in [0.5, 0.6) is 0 Å². The van der Waals surface area contributed by atoms with Crippen LogP contribution in [-0.2, 0) is 4.74 Å². The van der Waals surface area contributed by atoms with Crippen molar-refractivity contribution in [1.82, 2.24) is 0 Å². The first kappa shape index (κ1) is 21.5. The van der Waals surface area contributed by atoms with E-state index in [1.54, 1.807) is 19.1 Å². The van der Waals surface area contributed by atoms with Crippen molar-refractivity contribution in [3.8, 4) is 0 Å². The second kappa shape index (κ2) is 8.22. The van der Waals surface area contributed by atoms with Gasteiger partial charge in [-0.25, -0.2) is 13.6 Å². The van der Waals surface area contributed by atoms with Gasteiger partial charge in [-0.3, -0.25) is 14.5 Å². The molecule has 3 aromatic carbocycles. The lowest BCUT2D eigenvalue weighted by atomic mass is 9.98. The van der Waals surface area contributed by atoms with E-state index in [1.807, 2.05) is 0 Å². The van der Waals surface area contributed by atoms with Crippen LogP contribution in [0.2, 0.25) is 0 Å². The van der Waals surface area contributed by atoms with E-state index in [-0.39, 0.29) is 28.9 Å². The van der Waals surface area contributed by atoms with E-state index in [1.165, 1.54) is 47.4 Å². The summed E-state index contributed by atoms with van der Waals surface area (Å²) in [6.07, 6.45) is 0. The summed E-state index contributed by atoms with van der Waals surface area (Å²) in [6, 6.07) is 14.1. The predicted octanol–water partition coefficient (Wildman–Crippen LogP) is 5.00. The van der Waals surface area contributed by atoms with E-state index in [0.29, 0.717) is 16.8 Å². The fourth-order valence-electron chi connectivity index (χ4n) is 4.14. The Bertz CT molecular complexity index is 1490. The number of anilines is 1. The first-order valence-corrected chi connectivity index (χ1v) is 10.5. The number of ether oxygens (including phenoxy) is 1. The van der Waals surface area contributed by atoms with Crippen molar-refractivity contribution < 1.29 is 27.5 Å². The van der Waals surface area contributed by atoms with Crippen molar-refractivity contribution in [2.24, 2.45) is 0 Å². The number of esters is 1. The van der Waals surface area contributed by atoms with Gasteiger partial charge in [-0.05, 0) is 67.1 Å². The highest BCUT2D eigenvalue weighted by Crippen LogP contribution is 2.41. The predicted molar refractivity (Wildman–Crippen MR) is 120 cm³/mol. The lowest BCUT2D eigenvalue weighted by Gasteiger charge is -2.25. The number of amides is 1. The molecular formula is C26H17F2NO5. The summed E-state index contributed by atoms with van der Waals surface area (Å²) >= 11 is 0. The quantitative estimate of drug-likeness (QED) is 0.400. The molecule has 0 spiro atoms. The number of nitrogens with zero attached hydrogens (tertiary/aromatic N) is 1. The maximum Gasteiger partial charge on any atom is 0.338 e. The zero-order valence-electron chi connectivity index (χ0n) is 17.9. The number of halogens is 2. The molecule has 2 heterocycles. The lowest BCUT2D eigenvalue weighted by Crippen LogP contribution is -2.29. The van der Waals surface area contributed by atoms with Gasteiger partial charge >= 0.3 is 5.97 Å². The van der Waals surface area contributed by atoms with Gasteiger partial charge in [0.2, 0.25) is 5.76 Å². The van der Waals surface area contributed by atoms with Crippen LogP contribution < -0.4 is 10.3 Å². The van der Waals surface area contributed by atoms with Crippen molar-refractivity contribution in [3.63, 3.8) is 0 Å². The minimum atomic E-state index is -0.944. The van der Waals surface area contributed by atoms with Crippen molar-refractivity contribution in [2.45, 2.75) is 13.0 Å². The summed E-state index contributed by atoms with van der Waals surface area (Å²) in [6.45, 7) is 1.91. The number of hydrogen-bond acceptors (Lipinski definition) is 5. The maximum absolute atomic E-state index is 13.9.